The molecule has 0 atom stereocenters. The summed E-state index contributed by atoms with van der Waals surface area (Å²) in [5.41, 5.74) is 0.445. The Hall–Kier alpha value is -2.52. The molecule has 0 saturated carbocycles. The van der Waals surface area contributed by atoms with E-state index in [4.69, 9.17) is 9.57 Å². The van der Waals surface area contributed by atoms with Gasteiger partial charge >= 0.3 is 6.16 Å². The number of carbonyl (C=O) groups is 1. The molecule has 2 heterocycles. The van der Waals surface area contributed by atoms with E-state index in [0.717, 1.165) is 42.5 Å². The molecule has 9 heteroatoms. The number of hydroxylamine groups is 2. The first-order valence-electron chi connectivity index (χ1n) is 11.4. The standard InChI is InChI=1S/C24H35N5O3S/c1-6-33-20-9-7-19(8-10-20)27-21-15-22(26-17-25-21)28(5)16-18-11-13-29(14-12-18)32-23(30)31-24(2,3)4/h7-10,15,17-18H,6,11-14,16H2,1-5H3,(H,25,26,27). The van der Waals surface area contributed by atoms with Crippen molar-refractivity contribution in [3.8, 4) is 0 Å². The first kappa shape index (κ1) is 25.1. The second-order valence-corrected chi connectivity index (χ2v) is 10.5. The molecule has 33 heavy (non-hydrogen) atoms. The molecule has 1 aromatic carbocycles. The number of anilines is 3. The minimum atomic E-state index is -0.641. The summed E-state index contributed by atoms with van der Waals surface area (Å²) in [6.07, 6.45) is 2.82. The Morgan fingerprint density at radius 1 is 1.21 bits per heavy atom. The molecule has 1 aliphatic heterocycles. The second kappa shape index (κ2) is 11.6. The first-order valence-corrected chi connectivity index (χ1v) is 12.4. The van der Waals surface area contributed by atoms with Crippen LogP contribution in [0.25, 0.3) is 0 Å². The molecule has 180 valence electrons. The SMILES string of the molecule is CCSc1ccc(Nc2cc(N(C)CC3CCN(OC(=O)OC(C)(C)C)CC3)ncn2)cc1. The zero-order valence-corrected chi connectivity index (χ0v) is 21.0. The number of rotatable bonds is 8. The fourth-order valence-corrected chi connectivity index (χ4v) is 4.27. The summed E-state index contributed by atoms with van der Waals surface area (Å²) in [5.74, 6) is 3.19. The van der Waals surface area contributed by atoms with Crippen molar-refractivity contribution in [2.45, 2.75) is 51.0 Å². The molecule has 1 saturated heterocycles. The molecule has 1 aliphatic rings. The normalized spacial score (nSPS) is 15.2. The fraction of sp³-hybridized carbons (Fsp3) is 0.542. The van der Waals surface area contributed by atoms with Crippen LogP contribution < -0.4 is 10.2 Å². The summed E-state index contributed by atoms with van der Waals surface area (Å²) in [4.78, 5) is 29.4. The number of thioether (sulfide) groups is 1. The van der Waals surface area contributed by atoms with E-state index in [1.807, 2.05) is 45.6 Å². The Labute approximate surface area is 201 Å². The van der Waals surface area contributed by atoms with Crippen LogP contribution >= 0.6 is 11.8 Å². The van der Waals surface area contributed by atoms with Crippen LogP contribution in [0.2, 0.25) is 0 Å². The quantitative estimate of drug-likeness (QED) is 0.403. The minimum Gasteiger partial charge on any atom is -0.427 e. The topological polar surface area (TPSA) is 79.8 Å². The number of carbonyl (C=O) groups excluding carboxylic acids is 1. The number of benzene rings is 1. The van der Waals surface area contributed by atoms with Gasteiger partial charge in [0, 0.05) is 43.3 Å². The summed E-state index contributed by atoms with van der Waals surface area (Å²) in [6, 6.07) is 10.3. The Balaban J connectivity index is 1.48. The largest absolute Gasteiger partial charge is 0.528 e. The van der Waals surface area contributed by atoms with E-state index in [-0.39, 0.29) is 0 Å². The van der Waals surface area contributed by atoms with Crippen LogP contribution in [0.3, 0.4) is 0 Å². The van der Waals surface area contributed by atoms with Gasteiger partial charge in [0.05, 0.1) is 0 Å². The van der Waals surface area contributed by atoms with Gasteiger partial charge in [-0.25, -0.2) is 14.8 Å². The van der Waals surface area contributed by atoms with Crippen molar-refractivity contribution in [2.24, 2.45) is 5.92 Å². The number of piperidine rings is 1. The maximum atomic E-state index is 11.9. The molecular formula is C24H35N5O3S. The van der Waals surface area contributed by atoms with E-state index >= 15 is 0 Å². The van der Waals surface area contributed by atoms with Gasteiger partial charge in [0.2, 0.25) is 0 Å². The Morgan fingerprint density at radius 3 is 2.55 bits per heavy atom. The highest BCUT2D eigenvalue weighted by atomic mass is 32.2. The molecule has 1 N–H and O–H groups in total. The molecule has 1 fully saturated rings. The van der Waals surface area contributed by atoms with Gasteiger partial charge in [-0.15, -0.1) is 16.8 Å². The fourth-order valence-electron chi connectivity index (χ4n) is 3.61. The molecule has 3 rings (SSSR count). The van der Waals surface area contributed by atoms with Crippen LogP contribution in [0, 0.1) is 5.92 Å². The third kappa shape index (κ3) is 8.40. The maximum Gasteiger partial charge on any atom is 0.528 e. The maximum absolute atomic E-state index is 11.9. The summed E-state index contributed by atoms with van der Waals surface area (Å²) in [5, 5.41) is 5.05. The highest BCUT2D eigenvalue weighted by Crippen LogP contribution is 2.24. The number of nitrogens with one attached hydrogen (secondary N) is 1. The Bertz CT molecular complexity index is 896. The van der Waals surface area contributed by atoms with Gasteiger partial charge in [-0.3, -0.25) is 0 Å². The van der Waals surface area contributed by atoms with E-state index in [2.05, 4.69) is 51.4 Å². The monoisotopic (exact) mass is 473 g/mol. The van der Waals surface area contributed by atoms with Crippen molar-refractivity contribution in [1.82, 2.24) is 15.0 Å². The van der Waals surface area contributed by atoms with Crippen LogP contribution in [-0.4, -0.2) is 59.2 Å². The lowest BCUT2D eigenvalue weighted by Crippen LogP contribution is -2.40. The van der Waals surface area contributed by atoms with Gasteiger partial charge in [-0.2, -0.15) is 0 Å². The van der Waals surface area contributed by atoms with Crippen molar-refractivity contribution in [1.29, 1.82) is 0 Å². The average molecular weight is 474 g/mol. The Morgan fingerprint density at radius 2 is 1.91 bits per heavy atom. The van der Waals surface area contributed by atoms with E-state index in [1.54, 1.807) is 11.4 Å². The van der Waals surface area contributed by atoms with Gasteiger partial charge in [0.15, 0.2) is 0 Å². The summed E-state index contributed by atoms with van der Waals surface area (Å²) < 4.78 is 5.23. The van der Waals surface area contributed by atoms with Crippen LogP contribution in [0.1, 0.15) is 40.5 Å². The molecule has 0 radical (unpaired) electrons. The van der Waals surface area contributed by atoms with Crippen molar-refractivity contribution >= 4 is 35.2 Å². The van der Waals surface area contributed by atoms with Gasteiger partial charge in [-0.1, -0.05) is 6.92 Å². The third-order valence-electron chi connectivity index (χ3n) is 5.18. The lowest BCUT2D eigenvalue weighted by molar-refractivity contribution is -0.154. The van der Waals surface area contributed by atoms with Gasteiger partial charge in [0.1, 0.15) is 23.6 Å². The molecular weight excluding hydrogens is 438 g/mol. The summed E-state index contributed by atoms with van der Waals surface area (Å²) in [6.45, 7) is 9.89. The minimum absolute atomic E-state index is 0.489. The van der Waals surface area contributed by atoms with Crippen molar-refractivity contribution in [2.75, 3.05) is 42.7 Å². The van der Waals surface area contributed by atoms with Gasteiger partial charge in [-0.05, 0) is 69.5 Å². The number of nitrogens with zero attached hydrogens (tertiary/aromatic N) is 4. The molecule has 1 aromatic heterocycles. The lowest BCUT2D eigenvalue weighted by atomic mass is 9.97. The molecule has 2 aromatic rings. The number of aromatic nitrogens is 2. The van der Waals surface area contributed by atoms with Crippen LogP contribution in [0.4, 0.5) is 22.1 Å². The van der Waals surface area contributed by atoms with E-state index in [0.29, 0.717) is 19.0 Å². The number of hydrogen-bond acceptors (Lipinski definition) is 9. The van der Waals surface area contributed by atoms with Gasteiger partial charge in [0.25, 0.3) is 0 Å². The lowest BCUT2D eigenvalue weighted by Gasteiger charge is -2.33. The van der Waals surface area contributed by atoms with Crippen LogP contribution in [-0.2, 0) is 9.57 Å². The highest BCUT2D eigenvalue weighted by Gasteiger charge is 2.26. The second-order valence-electron chi connectivity index (χ2n) is 9.15. The average Bonchev–Trinajstić information content (AvgIpc) is 2.75. The molecule has 0 amide bonds. The molecule has 0 unspecified atom stereocenters. The predicted molar refractivity (Wildman–Crippen MR) is 133 cm³/mol. The number of hydrogen-bond donors (Lipinski definition) is 1. The molecule has 0 aliphatic carbocycles. The van der Waals surface area contributed by atoms with Crippen LogP contribution in [0.15, 0.2) is 41.6 Å². The van der Waals surface area contributed by atoms with Gasteiger partial charge < -0.3 is 19.8 Å². The van der Waals surface area contributed by atoms with E-state index in [9.17, 15) is 4.79 Å². The van der Waals surface area contributed by atoms with E-state index < -0.39 is 11.8 Å². The smallest absolute Gasteiger partial charge is 0.427 e. The Kier molecular flexibility index (Phi) is 8.80. The molecule has 0 bridgehead atoms. The zero-order valence-electron chi connectivity index (χ0n) is 20.2. The van der Waals surface area contributed by atoms with Crippen molar-refractivity contribution < 1.29 is 14.4 Å². The predicted octanol–water partition coefficient (Wildman–Crippen LogP) is 5.35. The van der Waals surface area contributed by atoms with Crippen molar-refractivity contribution in [3.63, 3.8) is 0 Å². The highest BCUT2D eigenvalue weighted by molar-refractivity contribution is 7.99. The third-order valence-corrected chi connectivity index (χ3v) is 6.07. The first-order chi connectivity index (χ1) is 15.7. The summed E-state index contributed by atoms with van der Waals surface area (Å²) in [7, 11) is 2.05. The van der Waals surface area contributed by atoms with Crippen molar-refractivity contribution in [3.05, 3.63) is 36.7 Å². The van der Waals surface area contributed by atoms with E-state index in [1.165, 1.54) is 4.90 Å². The number of ether oxygens (including phenoxy) is 1. The van der Waals surface area contributed by atoms with Crippen LogP contribution in [0.5, 0.6) is 0 Å². The zero-order chi connectivity index (χ0) is 23.8. The molecule has 8 nitrogen and oxygen atoms in total. The molecule has 0 spiro atoms. The summed E-state index contributed by atoms with van der Waals surface area (Å²) >= 11 is 1.82.